The van der Waals surface area contributed by atoms with Crippen LogP contribution in [0.5, 0.6) is 5.75 Å². The normalized spacial score (nSPS) is 16.6. The van der Waals surface area contributed by atoms with Crippen molar-refractivity contribution in [2.75, 3.05) is 23.7 Å². The minimum absolute atomic E-state index is 0.426. The molecule has 7 heteroatoms. The summed E-state index contributed by atoms with van der Waals surface area (Å²) in [4.78, 5) is 16.0. The third kappa shape index (κ3) is 4.19. The van der Waals surface area contributed by atoms with E-state index in [2.05, 4.69) is 27.2 Å². The van der Waals surface area contributed by atoms with Crippen LogP contribution in [-0.4, -0.2) is 28.0 Å². The lowest BCUT2D eigenvalue weighted by Gasteiger charge is -2.15. The van der Waals surface area contributed by atoms with E-state index in [-0.39, 0.29) is 0 Å². The SMILES string of the molecule is CCc1cnc(N2CCC(c3nc(COc4ccc(N)cc4)cs3)C2)nc1. The zero-order valence-corrected chi connectivity index (χ0v) is 16.2. The number of nitrogens with zero attached hydrogens (tertiary/aromatic N) is 4. The molecule has 1 atom stereocenters. The summed E-state index contributed by atoms with van der Waals surface area (Å²) in [5.74, 6) is 2.05. The van der Waals surface area contributed by atoms with Crippen LogP contribution in [0.15, 0.2) is 42.0 Å². The standard InChI is InChI=1S/C20H23N5OS/c1-2-14-9-22-20(23-10-14)25-8-7-15(11-25)19-24-17(13-27-19)12-26-18-5-3-16(21)4-6-18/h3-6,9-10,13,15H,2,7-8,11-12,21H2,1H3. The maximum absolute atomic E-state index is 5.79. The predicted molar refractivity (Wildman–Crippen MR) is 108 cm³/mol. The van der Waals surface area contributed by atoms with Gasteiger partial charge in [0.15, 0.2) is 0 Å². The molecule has 0 saturated carbocycles. The molecule has 1 aliphatic rings. The lowest BCUT2D eigenvalue weighted by molar-refractivity contribution is 0.302. The number of aryl methyl sites for hydroxylation is 1. The Morgan fingerprint density at radius 3 is 2.74 bits per heavy atom. The highest BCUT2D eigenvalue weighted by molar-refractivity contribution is 7.09. The summed E-state index contributed by atoms with van der Waals surface area (Å²) in [5, 5.41) is 3.25. The van der Waals surface area contributed by atoms with Crippen molar-refractivity contribution in [2.45, 2.75) is 32.3 Å². The molecule has 1 saturated heterocycles. The first-order chi connectivity index (χ1) is 13.2. The molecule has 6 nitrogen and oxygen atoms in total. The van der Waals surface area contributed by atoms with Gasteiger partial charge in [0.2, 0.25) is 5.95 Å². The lowest BCUT2D eigenvalue weighted by atomic mass is 10.1. The van der Waals surface area contributed by atoms with Crippen molar-refractivity contribution >= 4 is 23.0 Å². The van der Waals surface area contributed by atoms with Gasteiger partial charge in [-0.05, 0) is 42.7 Å². The second-order valence-electron chi connectivity index (χ2n) is 6.71. The van der Waals surface area contributed by atoms with Crippen LogP contribution in [-0.2, 0) is 13.0 Å². The summed E-state index contributed by atoms with van der Waals surface area (Å²) in [5.41, 5.74) is 8.56. The molecule has 0 spiro atoms. The van der Waals surface area contributed by atoms with Gasteiger partial charge in [-0.3, -0.25) is 0 Å². The molecule has 0 bridgehead atoms. The van der Waals surface area contributed by atoms with Crippen LogP contribution in [0, 0.1) is 0 Å². The third-order valence-corrected chi connectivity index (χ3v) is 5.81. The zero-order valence-electron chi connectivity index (χ0n) is 15.3. The van der Waals surface area contributed by atoms with Gasteiger partial charge in [0.05, 0.1) is 10.7 Å². The smallest absolute Gasteiger partial charge is 0.225 e. The van der Waals surface area contributed by atoms with Crippen LogP contribution in [0.4, 0.5) is 11.6 Å². The summed E-state index contributed by atoms with van der Waals surface area (Å²) >= 11 is 1.71. The van der Waals surface area contributed by atoms with Crippen molar-refractivity contribution in [3.8, 4) is 5.75 Å². The van der Waals surface area contributed by atoms with Gasteiger partial charge in [-0.2, -0.15) is 0 Å². The molecule has 3 aromatic rings. The maximum Gasteiger partial charge on any atom is 0.225 e. The summed E-state index contributed by atoms with van der Waals surface area (Å²) < 4.78 is 5.79. The maximum atomic E-state index is 5.79. The van der Waals surface area contributed by atoms with Crippen molar-refractivity contribution in [1.82, 2.24) is 15.0 Å². The minimum Gasteiger partial charge on any atom is -0.487 e. The number of rotatable bonds is 6. The van der Waals surface area contributed by atoms with Gasteiger partial charge in [0, 0.05) is 42.5 Å². The van der Waals surface area contributed by atoms with E-state index < -0.39 is 0 Å². The van der Waals surface area contributed by atoms with E-state index >= 15 is 0 Å². The van der Waals surface area contributed by atoms with Crippen molar-refractivity contribution in [1.29, 1.82) is 0 Å². The van der Waals surface area contributed by atoms with Gasteiger partial charge in [-0.1, -0.05) is 6.92 Å². The fourth-order valence-corrected chi connectivity index (χ4v) is 4.07. The largest absolute Gasteiger partial charge is 0.487 e. The Morgan fingerprint density at radius 1 is 1.22 bits per heavy atom. The van der Waals surface area contributed by atoms with E-state index in [1.807, 2.05) is 36.7 Å². The Bertz CT molecular complexity index is 878. The van der Waals surface area contributed by atoms with Crippen molar-refractivity contribution < 1.29 is 4.74 Å². The zero-order chi connectivity index (χ0) is 18.6. The molecule has 2 N–H and O–H groups in total. The second kappa shape index (κ2) is 7.92. The Balaban J connectivity index is 1.35. The molecular formula is C20H23N5OS. The number of ether oxygens (including phenoxy) is 1. The van der Waals surface area contributed by atoms with Gasteiger partial charge in [-0.25, -0.2) is 15.0 Å². The summed E-state index contributed by atoms with van der Waals surface area (Å²) in [7, 11) is 0. The molecule has 27 heavy (non-hydrogen) atoms. The van der Waals surface area contributed by atoms with Gasteiger partial charge in [0.1, 0.15) is 12.4 Å². The average Bonchev–Trinajstić information content (AvgIpc) is 3.37. The van der Waals surface area contributed by atoms with Crippen LogP contribution in [0.2, 0.25) is 0 Å². The first-order valence-electron chi connectivity index (χ1n) is 9.19. The van der Waals surface area contributed by atoms with Crippen LogP contribution in [0.1, 0.15) is 35.5 Å². The van der Waals surface area contributed by atoms with Crippen molar-refractivity contribution in [3.63, 3.8) is 0 Å². The van der Waals surface area contributed by atoms with E-state index in [4.69, 9.17) is 15.5 Å². The fourth-order valence-electron chi connectivity index (χ4n) is 3.14. The summed E-state index contributed by atoms with van der Waals surface area (Å²) in [6.45, 7) is 4.46. The van der Waals surface area contributed by atoms with Gasteiger partial charge >= 0.3 is 0 Å². The molecular weight excluding hydrogens is 358 g/mol. The lowest BCUT2D eigenvalue weighted by Crippen LogP contribution is -2.21. The van der Waals surface area contributed by atoms with Gasteiger partial charge in [0.25, 0.3) is 0 Å². The molecule has 2 aromatic heterocycles. The van der Waals surface area contributed by atoms with E-state index in [0.29, 0.717) is 12.5 Å². The number of benzene rings is 1. The van der Waals surface area contributed by atoms with E-state index in [1.165, 1.54) is 10.6 Å². The number of nitrogens with two attached hydrogens (primary N) is 1. The Hall–Kier alpha value is -2.67. The van der Waals surface area contributed by atoms with E-state index in [0.717, 1.165) is 49.0 Å². The third-order valence-electron chi connectivity index (χ3n) is 4.76. The molecule has 1 aliphatic heterocycles. The minimum atomic E-state index is 0.426. The quantitative estimate of drug-likeness (QED) is 0.657. The molecule has 1 aromatic carbocycles. The highest BCUT2D eigenvalue weighted by Crippen LogP contribution is 2.31. The van der Waals surface area contributed by atoms with E-state index in [1.54, 1.807) is 11.3 Å². The Kier molecular flexibility index (Phi) is 5.20. The second-order valence-corrected chi connectivity index (χ2v) is 7.60. The van der Waals surface area contributed by atoms with Crippen LogP contribution in [0.25, 0.3) is 0 Å². The first kappa shape index (κ1) is 17.7. The Labute approximate surface area is 163 Å². The summed E-state index contributed by atoms with van der Waals surface area (Å²) in [6.07, 6.45) is 5.88. The molecule has 1 fully saturated rings. The number of thiazole rings is 1. The monoisotopic (exact) mass is 381 g/mol. The molecule has 0 amide bonds. The number of aromatic nitrogens is 3. The predicted octanol–water partition coefficient (Wildman–Crippen LogP) is 3.65. The topological polar surface area (TPSA) is 77.2 Å². The number of hydrogen-bond donors (Lipinski definition) is 1. The van der Waals surface area contributed by atoms with Crippen LogP contribution in [0.3, 0.4) is 0 Å². The molecule has 3 heterocycles. The summed E-state index contributed by atoms with van der Waals surface area (Å²) in [6, 6.07) is 7.43. The molecule has 140 valence electrons. The van der Waals surface area contributed by atoms with Crippen LogP contribution < -0.4 is 15.4 Å². The van der Waals surface area contributed by atoms with E-state index in [9.17, 15) is 0 Å². The number of hydrogen-bond acceptors (Lipinski definition) is 7. The van der Waals surface area contributed by atoms with Crippen molar-refractivity contribution in [3.05, 3.63) is 58.3 Å². The molecule has 4 rings (SSSR count). The van der Waals surface area contributed by atoms with Crippen molar-refractivity contribution in [2.24, 2.45) is 0 Å². The number of nitrogen functional groups attached to an aromatic ring is 1. The fraction of sp³-hybridized carbons (Fsp3) is 0.350. The number of anilines is 2. The highest BCUT2D eigenvalue weighted by atomic mass is 32.1. The van der Waals surface area contributed by atoms with Gasteiger partial charge < -0.3 is 15.4 Å². The molecule has 1 unspecified atom stereocenters. The van der Waals surface area contributed by atoms with Crippen LogP contribution >= 0.6 is 11.3 Å². The average molecular weight is 382 g/mol. The van der Waals surface area contributed by atoms with Gasteiger partial charge in [-0.15, -0.1) is 11.3 Å². The Morgan fingerprint density at radius 2 is 2.00 bits per heavy atom. The highest BCUT2D eigenvalue weighted by Gasteiger charge is 2.27. The molecule has 0 radical (unpaired) electrons. The molecule has 0 aliphatic carbocycles. The first-order valence-corrected chi connectivity index (χ1v) is 10.1.